The van der Waals surface area contributed by atoms with E-state index < -0.39 is 6.04 Å². The fourth-order valence-electron chi connectivity index (χ4n) is 2.40. The minimum Gasteiger partial charge on any atom is -0.497 e. The molecule has 0 bridgehead atoms. The average Bonchev–Trinajstić information content (AvgIpc) is 2.67. The summed E-state index contributed by atoms with van der Waals surface area (Å²) in [5.41, 5.74) is 1.52. The lowest BCUT2D eigenvalue weighted by molar-refractivity contribution is -0.126. The van der Waals surface area contributed by atoms with Gasteiger partial charge >= 0.3 is 0 Å². The van der Waals surface area contributed by atoms with Gasteiger partial charge in [-0.2, -0.15) is 0 Å². The molecule has 0 saturated carbocycles. The van der Waals surface area contributed by atoms with Crippen LogP contribution in [0.25, 0.3) is 0 Å². The molecule has 2 N–H and O–H groups in total. The molecule has 0 fully saturated rings. The van der Waals surface area contributed by atoms with E-state index in [1.54, 1.807) is 50.2 Å². The Kier molecular flexibility index (Phi) is 7.64. The van der Waals surface area contributed by atoms with E-state index in [1.165, 1.54) is 0 Å². The highest BCUT2D eigenvalue weighted by Gasteiger charge is 2.20. The molecular weight excluding hydrogens is 366 g/mol. The second kappa shape index (κ2) is 9.94. The molecule has 0 unspecified atom stereocenters. The van der Waals surface area contributed by atoms with Gasteiger partial charge in [-0.15, -0.1) is 0 Å². The van der Waals surface area contributed by atoms with Crippen LogP contribution in [0.5, 0.6) is 5.75 Å². The summed E-state index contributed by atoms with van der Waals surface area (Å²) in [6, 6.07) is 14.0. The summed E-state index contributed by atoms with van der Waals surface area (Å²) in [4.78, 5) is 26.2. The van der Waals surface area contributed by atoms with Crippen molar-refractivity contribution in [2.45, 2.75) is 19.5 Å². The molecule has 0 aliphatic rings. The molecule has 7 heteroatoms. The number of hydrogen-bond donors (Lipinski definition) is 2. The highest BCUT2D eigenvalue weighted by atomic mass is 35.5. The van der Waals surface area contributed by atoms with Crippen molar-refractivity contribution >= 4 is 29.1 Å². The Bertz CT molecular complexity index is 780. The molecule has 2 aromatic carbocycles. The van der Waals surface area contributed by atoms with Gasteiger partial charge in [-0.05, 0) is 43.8 Å². The van der Waals surface area contributed by atoms with Crippen molar-refractivity contribution < 1.29 is 14.3 Å². The van der Waals surface area contributed by atoms with E-state index in [9.17, 15) is 9.59 Å². The number of amides is 2. The lowest BCUT2D eigenvalue weighted by atomic mass is 10.2. The van der Waals surface area contributed by atoms with Crippen LogP contribution in [0.1, 0.15) is 12.5 Å². The van der Waals surface area contributed by atoms with E-state index >= 15 is 0 Å². The van der Waals surface area contributed by atoms with Crippen molar-refractivity contribution in [3.8, 4) is 5.75 Å². The van der Waals surface area contributed by atoms with Crippen molar-refractivity contribution in [1.82, 2.24) is 10.2 Å². The fourth-order valence-corrected chi connectivity index (χ4v) is 2.58. The summed E-state index contributed by atoms with van der Waals surface area (Å²) in [5, 5.41) is 6.09. The van der Waals surface area contributed by atoms with Crippen LogP contribution in [0.3, 0.4) is 0 Å². The Morgan fingerprint density at radius 2 is 1.81 bits per heavy atom. The normalized spacial score (nSPS) is 11.7. The zero-order valence-electron chi connectivity index (χ0n) is 15.7. The van der Waals surface area contributed by atoms with Gasteiger partial charge in [0.1, 0.15) is 5.75 Å². The summed E-state index contributed by atoms with van der Waals surface area (Å²) in [6.45, 7) is 2.24. The zero-order valence-corrected chi connectivity index (χ0v) is 16.4. The largest absolute Gasteiger partial charge is 0.497 e. The number of carbonyl (C=O) groups excluding carboxylic acids is 2. The fraction of sp³-hybridized carbons (Fsp3) is 0.300. The van der Waals surface area contributed by atoms with Gasteiger partial charge in [0, 0.05) is 6.54 Å². The summed E-state index contributed by atoms with van der Waals surface area (Å²) in [5.74, 6) is 0.377. The SMILES string of the molecule is COc1ccc(CNC(=O)[C@H](C)N(C)CC(=O)Nc2ccccc2Cl)cc1. The molecule has 2 amide bonds. The van der Waals surface area contributed by atoms with Crippen LogP contribution in [0.2, 0.25) is 5.02 Å². The third-order valence-electron chi connectivity index (χ3n) is 4.21. The Morgan fingerprint density at radius 1 is 1.15 bits per heavy atom. The molecule has 1 atom stereocenters. The lowest BCUT2D eigenvalue weighted by Gasteiger charge is -2.23. The van der Waals surface area contributed by atoms with E-state index in [2.05, 4.69) is 10.6 Å². The molecule has 0 heterocycles. The number of anilines is 1. The molecule has 27 heavy (non-hydrogen) atoms. The van der Waals surface area contributed by atoms with Crippen LogP contribution in [-0.2, 0) is 16.1 Å². The minimum atomic E-state index is -0.458. The molecule has 2 rings (SSSR count). The molecule has 0 spiro atoms. The van der Waals surface area contributed by atoms with Gasteiger partial charge < -0.3 is 15.4 Å². The van der Waals surface area contributed by atoms with Gasteiger partial charge in [-0.25, -0.2) is 0 Å². The molecule has 144 valence electrons. The number of methoxy groups -OCH3 is 1. The van der Waals surface area contributed by atoms with Crippen LogP contribution >= 0.6 is 11.6 Å². The summed E-state index contributed by atoms with van der Waals surface area (Å²) in [6.07, 6.45) is 0. The van der Waals surface area contributed by atoms with E-state index in [-0.39, 0.29) is 18.4 Å². The minimum absolute atomic E-state index is 0.0718. The first kappa shape index (κ1) is 20.7. The first-order chi connectivity index (χ1) is 12.9. The number of ether oxygens (including phenoxy) is 1. The molecule has 6 nitrogen and oxygen atoms in total. The number of halogens is 1. The van der Waals surface area contributed by atoms with Gasteiger partial charge in [0.2, 0.25) is 11.8 Å². The second-order valence-corrected chi connectivity index (χ2v) is 6.59. The molecule has 0 radical (unpaired) electrons. The monoisotopic (exact) mass is 389 g/mol. The first-order valence-corrected chi connectivity index (χ1v) is 8.93. The van der Waals surface area contributed by atoms with E-state index in [0.29, 0.717) is 17.3 Å². The lowest BCUT2D eigenvalue weighted by Crippen LogP contribution is -2.45. The van der Waals surface area contributed by atoms with Crippen LogP contribution in [0.4, 0.5) is 5.69 Å². The summed E-state index contributed by atoms with van der Waals surface area (Å²) >= 11 is 6.04. The quantitative estimate of drug-likeness (QED) is 0.728. The van der Waals surface area contributed by atoms with E-state index in [4.69, 9.17) is 16.3 Å². The Balaban J connectivity index is 1.82. The number of benzene rings is 2. The number of carbonyl (C=O) groups is 2. The zero-order chi connectivity index (χ0) is 19.8. The van der Waals surface area contributed by atoms with Gasteiger partial charge in [0.15, 0.2) is 0 Å². The average molecular weight is 390 g/mol. The van der Waals surface area contributed by atoms with Crippen molar-refractivity contribution in [2.75, 3.05) is 26.0 Å². The van der Waals surface area contributed by atoms with Crippen molar-refractivity contribution in [3.63, 3.8) is 0 Å². The van der Waals surface area contributed by atoms with Crippen molar-refractivity contribution in [3.05, 3.63) is 59.1 Å². The molecule has 0 aliphatic carbocycles. The maximum Gasteiger partial charge on any atom is 0.238 e. The van der Waals surface area contributed by atoms with E-state index in [0.717, 1.165) is 11.3 Å². The number of nitrogens with one attached hydrogen (secondary N) is 2. The smallest absolute Gasteiger partial charge is 0.238 e. The summed E-state index contributed by atoms with van der Waals surface area (Å²) < 4.78 is 5.11. The highest BCUT2D eigenvalue weighted by molar-refractivity contribution is 6.33. The van der Waals surface area contributed by atoms with Crippen LogP contribution in [0, 0.1) is 0 Å². The van der Waals surface area contributed by atoms with Gasteiger partial charge in [0.05, 0.1) is 30.4 Å². The Labute approximate surface area is 164 Å². The van der Waals surface area contributed by atoms with Gasteiger partial charge in [0.25, 0.3) is 0 Å². The molecule has 0 saturated heterocycles. The maximum atomic E-state index is 12.3. The predicted octanol–water partition coefficient (Wildman–Crippen LogP) is 2.92. The van der Waals surface area contributed by atoms with Crippen LogP contribution in [0.15, 0.2) is 48.5 Å². The van der Waals surface area contributed by atoms with Gasteiger partial charge in [-0.1, -0.05) is 35.9 Å². The maximum absolute atomic E-state index is 12.3. The van der Waals surface area contributed by atoms with Gasteiger partial charge in [-0.3, -0.25) is 14.5 Å². The molecule has 2 aromatic rings. The third kappa shape index (κ3) is 6.27. The number of nitrogens with zero attached hydrogens (tertiary/aromatic N) is 1. The number of para-hydroxylation sites is 1. The Morgan fingerprint density at radius 3 is 2.44 bits per heavy atom. The van der Waals surface area contributed by atoms with Crippen molar-refractivity contribution in [1.29, 1.82) is 0 Å². The van der Waals surface area contributed by atoms with E-state index in [1.807, 2.05) is 24.3 Å². The standard InChI is InChI=1S/C20H24ClN3O3/c1-14(20(26)22-12-15-8-10-16(27-3)11-9-15)24(2)13-19(25)23-18-7-5-4-6-17(18)21/h4-11,14H,12-13H2,1-3H3,(H,22,26)(H,23,25)/t14-/m0/s1. The van der Waals surface area contributed by atoms with Crippen molar-refractivity contribution in [2.24, 2.45) is 0 Å². The number of hydrogen-bond acceptors (Lipinski definition) is 4. The number of likely N-dealkylation sites (N-methyl/N-ethyl adjacent to an activating group) is 1. The molecular formula is C20H24ClN3O3. The Hall–Kier alpha value is -2.57. The predicted molar refractivity (Wildman–Crippen MR) is 107 cm³/mol. The molecule has 0 aliphatic heterocycles. The van der Waals surface area contributed by atoms with Crippen LogP contribution < -0.4 is 15.4 Å². The second-order valence-electron chi connectivity index (χ2n) is 6.18. The molecule has 0 aromatic heterocycles. The first-order valence-electron chi connectivity index (χ1n) is 8.56. The number of rotatable bonds is 8. The van der Waals surface area contributed by atoms with Crippen LogP contribution in [-0.4, -0.2) is 43.5 Å². The summed E-state index contributed by atoms with van der Waals surface area (Å²) in [7, 11) is 3.33. The third-order valence-corrected chi connectivity index (χ3v) is 4.54. The topological polar surface area (TPSA) is 70.7 Å². The highest BCUT2D eigenvalue weighted by Crippen LogP contribution is 2.20.